The maximum absolute atomic E-state index is 14.0. The molecule has 1 amide bonds. The number of ketones is 2. The number of rotatable bonds is 7. The average molecular weight is 580 g/mol. The molecule has 0 saturated carbocycles. The first-order valence-corrected chi connectivity index (χ1v) is 13.1. The summed E-state index contributed by atoms with van der Waals surface area (Å²) in [6, 6.07) is 0.491. The highest BCUT2D eigenvalue weighted by Crippen LogP contribution is 2.54. The van der Waals surface area contributed by atoms with Crippen LogP contribution in [0.25, 0.3) is 0 Å². The number of aliphatic hydroxyl groups excluding tert-OH is 3. The lowest BCUT2D eigenvalue weighted by atomic mass is 9.58. The van der Waals surface area contributed by atoms with Crippen molar-refractivity contribution in [2.24, 2.45) is 23.4 Å². The summed E-state index contributed by atoms with van der Waals surface area (Å²) in [5.74, 6) is -1.37. The predicted molar refractivity (Wildman–Crippen MR) is 146 cm³/mol. The summed E-state index contributed by atoms with van der Waals surface area (Å²) in [6.45, 7) is -0.166. The minimum atomic E-state index is -2.73. The number of aliphatic hydroxyl groups is 4. The fraction of sp³-hybridized carbons (Fsp3) is 0.500. The fourth-order valence-corrected chi connectivity index (χ4v) is 6.37. The van der Waals surface area contributed by atoms with E-state index < -0.39 is 69.9 Å². The van der Waals surface area contributed by atoms with Crippen LogP contribution >= 0.6 is 11.6 Å². The molecule has 0 fully saturated rings. The van der Waals surface area contributed by atoms with Gasteiger partial charge in [0.25, 0.3) is 5.91 Å². The smallest absolute Gasteiger partial charge is 0.255 e. The highest BCUT2D eigenvalue weighted by molar-refractivity contribution is 6.25. The molecular formula is C26H34ClN5O8. The van der Waals surface area contributed by atoms with Gasteiger partial charge < -0.3 is 41.2 Å². The maximum atomic E-state index is 14.0. The van der Waals surface area contributed by atoms with Crippen molar-refractivity contribution >= 4 is 40.4 Å². The largest absolute Gasteiger partial charge is 0.510 e. The number of likely N-dealkylation sites (N-methyl/N-ethyl adjacent to an activating group) is 1. The first-order chi connectivity index (χ1) is 18.6. The quantitative estimate of drug-likeness (QED) is 0.0939. The Balaban J connectivity index is 1.95. The molecule has 0 aliphatic heterocycles. The van der Waals surface area contributed by atoms with Gasteiger partial charge in [0.05, 0.1) is 35.8 Å². The number of Topliss-reactive ketones (excluding diaryl/α,β-unsaturated/α-hetero) is 2. The molecule has 0 radical (unpaired) electrons. The predicted octanol–water partition coefficient (Wildman–Crippen LogP) is -0.534. The van der Waals surface area contributed by atoms with Crippen molar-refractivity contribution in [3.8, 4) is 5.75 Å². The van der Waals surface area contributed by atoms with Crippen LogP contribution in [-0.4, -0.2) is 106 Å². The highest BCUT2D eigenvalue weighted by Gasteiger charge is 2.63. The molecule has 0 saturated heterocycles. The Hall–Kier alpha value is -3.36. The third-order valence-corrected chi connectivity index (χ3v) is 8.41. The second-order valence-corrected chi connectivity index (χ2v) is 11.2. The van der Waals surface area contributed by atoms with Crippen LogP contribution in [0.15, 0.2) is 28.7 Å². The number of hydrogen-bond acceptors (Lipinski definition) is 12. The summed E-state index contributed by atoms with van der Waals surface area (Å²) < 4.78 is 0. The number of allylic oxidation sites excluding steroid dienone is 1. The van der Waals surface area contributed by atoms with Gasteiger partial charge in [0.2, 0.25) is 5.78 Å². The lowest BCUT2D eigenvalue weighted by molar-refractivity contribution is -0.148. The Bertz CT molecular complexity index is 1360. The molecule has 4 rings (SSSR count). The number of halogens is 1. The van der Waals surface area contributed by atoms with Crippen LogP contribution in [0.3, 0.4) is 0 Å². The zero-order valence-corrected chi connectivity index (χ0v) is 23.3. The molecule has 5 atom stereocenters. The molecule has 14 heteroatoms. The number of carbonyl (C=O) groups excluding carboxylic acids is 3. The van der Waals surface area contributed by atoms with E-state index in [-0.39, 0.29) is 42.1 Å². The Morgan fingerprint density at radius 3 is 2.33 bits per heavy atom. The number of hydrazine groups is 1. The van der Waals surface area contributed by atoms with Crippen LogP contribution in [0.2, 0.25) is 0 Å². The molecule has 40 heavy (non-hydrogen) atoms. The zero-order chi connectivity index (χ0) is 30.0. The monoisotopic (exact) mass is 579 g/mol. The number of alkyl halides is 1. The van der Waals surface area contributed by atoms with Gasteiger partial charge in [0, 0.05) is 31.3 Å². The van der Waals surface area contributed by atoms with Crippen LogP contribution in [0.4, 0.5) is 11.4 Å². The first-order valence-electron chi connectivity index (χ1n) is 12.6. The van der Waals surface area contributed by atoms with Gasteiger partial charge in [-0.2, -0.15) is 0 Å². The number of carbonyl (C=O) groups is 3. The summed E-state index contributed by atoms with van der Waals surface area (Å²) in [4.78, 5) is 42.8. The van der Waals surface area contributed by atoms with Crippen LogP contribution in [-0.2, 0) is 16.0 Å². The number of aromatic hydroxyl groups is 1. The molecule has 0 spiro atoms. The van der Waals surface area contributed by atoms with Gasteiger partial charge in [-0.3, -0.25) is 19.3 Å². The third kappa shape index (κ3) is 4.20. The van der Waals surface area contributed by atoms with Crippen LogP contribution < -0.4 is 21.5 Å². The standard InChI is InChI=1S/C26H34ClN5O8/c1-30(2)14-7-15(32(29)9-11(33)8-27)20(34)17-12(14)5-10-6-13-19(31(3)4)22(36)18(25(28)39)24(38)26(13,40)23(37)16(10)21(17)35/h7,10-11,13,19,33-34,36-37,40H,5-6,8-9,29H2,1-4H3,(H2,28,39)/t10-,11?,13-,19-,26-/m0/s1. The van der Waals surface area contributed by atoms with Crippen LogP contribution in [0.5, 0.6) is 5.75 Å². The van der Waals surface area contributed by atoms with E-state index in [0.29, 0.717) is 11.3 Å². The fourth-order valence-electron chi connectivity index (χ4n) is 6.28. The number of anilines is 2. The van der Waals surface area contributed by atoms with Crippen molar-refractivity contribution in [3.05, 3.63) is 39.9 Å². The Morgan fingerprint density at radius 1 is 1.18 bits per heavy atom. The molecule has 0 bridgehead atoms. The van der Waals surface area contributed by atoms with Crippen LogP contribution in [0, 0.1) is 11.8 Å². The molecule has 3 aliphatic rings. The zero-order valence-electron chi connectivity index (χ0n) is 22.6. The van der Waals surface area contributed by atoms with E-state index in [0.717, 1.165) is 5.01 Å². The maximum Gasteiger partial charge on any atom is 0.255 e. The van der Waals surface area contributed by atoms with Gasteiger partial charge in [-0.05, 0) is 44.5 Å². The lowest BCUT2D eigenvalue weighted by Gasteiger charge is -2.50. The van der Waals surface area contributed by atoms with Gasteiger partial charge >= 0.3 is 0 Å². The van der Waals surface area contributed by atoms with E-state index in [9.17, 15) is 39.9 Å². The number of benzene rings is 1. The lowest BCUT2D eigenvalue weighted by Crippen LogP contribution is -2.63. The summed E-state index contributed by atoms with van der Waals surface area (Å²) in [5.41, 5.74) is 2.30. The molecule has 0 heterocycles. The molecule has 13 nitrogen and oxygen atoms in total. The van der Waals surface area contributed by atoms with Crippen LogP contribution in [0.1, 0.15) is 22.3 Å². The van der Waals surface area contributed by atoms with E-state index in [2.05, 4.69) is 0 Å². The van der Waals surface area contributed by atoms with Gasteiger partial charge in [-0.15, -0.1) is 11.6 Å². The Kier molecular flexibility index (Phi) is 7.58. The summed E-state index contributed by atoms with van der Waals surface area (Å²) >= 11 is 5.69. The first kappa shape index (κ1) is 29.6. The number of amides is 1. The third-order valence-electron chi connectivity index (χ3n) is 8.06. The van der Waals surface area contributed by atoms with E-state index in [1.807, 2.05) is 0 Å². The number of phenols is 1. The van der Waals surface area contributed by atoms with E-state index in [1.54, 1.807) is 39.2 Å². The number of fused-ring (bicyclic) bond motifs is 3. The van der Waals surface area contributed by atoms with Crippen molar-refractivity contribution in [1.82, 2.24) is 4.90 Å². The Morgan fingerprint density at radius 2 is 1.80 bits per heavy atom. The molecule has 1 aromatic rings. The number of primary amides is 1. The van der Waals surface area contributed by atoms with Gasteiger partial charge in [-0.25, -0.2) is 5.84 Å². The van der Waals surface area contributed by atoms with E-state index in [1.165, 1.54) is 4.90 Å². The van der Waals surface area contributed by atoms with Gasteiger partial charge in [0.1, 0.15) is 17.1 Å². The minimum absolute atomic E-state index is 0.0104. The number of phenolic OH excluding ortho intramolecular Hbond substituents is 1. The summed E-state index contributed by atoms with van der Waals surface area (Å²) in [5, 5.41) is 56.3. The van der Waals surface area contributed by atoms with Gasteiger partial charge in [-0.1, -0.05) is 0 Å². The summed E-state index contributed by atoms with van der Waals surface area (Å²) in [7, 11) is 6.59. The number of nitrogens with two attached hydrogens (primary N) is 2. The molecular weight excluding hydrogens is 546 g/mol. The van der Waals surface area contributed by atoms with Crippen molar-refractivity contribution in [3.63, 3.8) is 0 Å². The SMILES string of the molecule is CN(C)c1cc(N(N)CC(O)CCl)c(O)c2c1C[C@H]1C[C@H]3[C@H](N(C)C)C(O)=C(C(N)=O)C(=O)[C@@]3(O)C(O)=C1C2=O. The average Bonchev–Trinajstić information content (AvgIpc) is 2.85. The topological polar surface area (TPSA) is 214 Å². The van der Waals surface area contributed by atoms with E-state index >= 15 is 0 Å². The highest BCUT2D eigenvalue weighted by atomic mass is 35.5. The molecule has 0 aromatic heterocycles. The molecule has 218 valence electrons. The van der Waals surface area contributed by atoms with Crippen molar-refractivity contribution in [2.45, 2.75) is 30.6 Å². The Labute approximate surface area is 235 Å². The van der Waals surface area contributed by atoms with Crippen molar-refractivity contribution in [1.29, 1.82) is 0 Å². The molecule has 1 unspecified atom stereocenters. The normalized spacial score (nSPS) is 26.9. The van der Waals surface area contributed by atoms with E-state index in [4.69, 9.17) is 23.2 Å². The van der Waals surface area contributed by atoms with Crippen molar-refractivity contribution in [2.75, 3.05) is 50.5 Å². The summed E-state index contributed by atoms with van der Waals surface area (Å²) in [6.07, 6.45) is -0.927. The number of hydrogen-bond donors (Lipinski definition) is 7. The van der Waals surface area contributed by atoms with Gasteiger partial charge in [0.15, 0.2) is 17.1 Å². The number of nitrogens with zero attached hydrogens (tertiary/aromatic N) is 3. The second-order valence-electron chi connectivity index (χ2n) is 10.9. The minimum Gasteiger partial charge on any atom is -0.510 e. The second kappa shape index (κ2) is 10.2. The molecule has 9 N–H and O–H groups in total. The molecule has 1 aromatic carbocycles. The van der Waals surface area contributed by atoms with Crippen molar-refractivity contribution < 1.29 is 39.9 Å². The molecule has 3 aliphatic carbocycles.